The van der Waals surface area contributed by atoms with Crippen LogP contribution >= 0.6 is 0 Å². The second-order valence-corrected chi connectivity index (χ2v) is 6.44. The van der Waals surface area contributed by atoms with Crippen LogP contribution in [0.2, 0.25) is 0 Å². The van der Waals surface area contributed by atoms with Gasteiger partial charge in [-0.2, -0.15) is 0 Å². The Bertz CT molecular complexity index is 633. The highest BCUT2D eigenvalue weighted by Crippen LogP contribution is 2.16. The van der Waals surface area contributed by atoms with E-state index in [4.69, 9.17) is 10.5 Å². The summed E-state index contributed by atoms with van der Waals surface area (Å²) in [4.78, 5) is 33.8. The zero-order valence-electron chi connectivity index (χ0n) is 14.9. The summed E-state index contributed by atoms with van der Waals surface area (Å²) in [5.41, 5.74) is 5.69. The van der Waals surface area contributed by atoms with Crippen LogP contribution in [0, 0.1) is 0 Å². The predicted octanol–water partition coefficient (Wildman–Crippen LogP) is 1.51. The summed E-state index contributed by atoms with van der Waals surface area (Å²) in [7, 11) is 0. The molecule has 1 aromatic rings. The lowest BCUT2D eigenvalue weighted by Gasteiger charge is -2.13. The Kier molecular flexibility index (Phi) is 7.25. The topological polar surface area (TPSA) is 123 Å². The van der Waals surface area contributed by atoms with Gasteiger partial charge < -0.3 is 26.4 Å². The van der Waals surface area contributed by atoms with E-state index in [0.29, 0.717) is 17.9 Å². The SMILES string of the molecule is CC1NC(=O)NC1CCCCCC(=O)Nc1ccc(OCC(N)=O)cc1. The monoisotopic (exact) mass is 362 g/mol. The molecule has 0 aromatic heterocycles. The van der Waals surface area contributed by atoms with Crippen LogP contribution in [0.4, 0.5) is 10.5 Å². The number of hydrogen-bond acceptors (Lipinski definition) is 4. The first kappa shape index (κ1) is 19.6. The normalized spacial score (nSPS) is 18.7. The third-order valence-corrected chi connectivity index (χ3v) is 4.22. The van der Waals surface area contributed by atoms with Crippen LogP contribution in [0.1, 0.15) is 39.0 Å². The number of ether oxygens (including phenoxy) is 1. The van der Waals surface area contributed by atoms with Crippen LogP contribution in [0.5, 0.6) is 5.75 Å². The molecule has 0 bridgehead atoms. The van der Waals surface area contributed by atoms with Gasteiger partial charge in [0.25, 0.3) is 5.91 Å². The van der Waals surface area contributed by atoms with E-state index in [1.807, 2.05) is 6.92 Å². The van der Waals surface area contributed by atoms with Gasteiger partial charge in [-0.05, 0) is 44.0 Å². The number of unbranched alkanes of at least 4 members (excludes halogenated alkanes) is 2. The van der Waals surface area contributed by atoms with E-state index < -0.39 is 5.91 Å². The molecule has 8 heteroatoms. The number of amides is 4. The number of nitrogens with one attached hydrogen (secondary N) is 3. The van der Waals surface area contributed by atoms with Gasteiger partial charge in [-0.25, -0.2) is 4.79 Å². The van der Waals surface area contributed by atoms with Gasteiger partial charge in [0, 0.05) is 18.2 Å². The number of urea groups is 1. The maximum atomic E-state index is 12.0. The van der Waals surface area contributed by atoms with E-state index in [-0.39, 0.29) is 30.6 Å². The maximum absolute atomic E-state index is 12.0. The predicted molar refractivity (Wildman–Crippen MR) is 97.8 cm³/mol. The summed E-state index contributed by atoms with van der Waals surface area (Å²) >= 11 is 0. The fraction of sp³-hybridized carbons (Fsp3) is 0.500. The van der Waals surface area contributed by atoms with Gasteiger partial charge in [-0.15, -0.1) is 0 Å². The van der Waals surface area contributed by atoms with Crippen LogP contribution in [0.25, 0.3) is 0 Å². The number of nitrogens with two attached hydrogens (primary N) is 1. The van der Waals surface area contributed by atoms with Gasteiger partial charge in [0.2, 0.25) is 5.91 Å². The first-order chi connectivity index (χ1) is 12.4. The van der Waals surface area contributed by atoms with Gasteiger partial charge in [-0.1, -0.05) is 12.8 Å². The highest BCUT2D eigenvalue weighted by Gasteiger charge is 2.26. The zero-order valence-corrected chi connectivity index (χ0v) is 14.9. The van der Waals surface area contributed by atoms with E-state index in [1.54, 1.807) is 24.3 Å². The lowest BCUT2D eigenvalue weighted by atomic mass is 10.0. The number of benzene rings is 1. The van der Waals surface area contributed by atoms with E-state index >= 15 is 0 Å². The number of carbonyl (C=O) groups is 3. The molecule has 2 atom stereocenters. The molecule has 142 valence electrons. The van der Waals surface area contributed by atoms with Crippen molar-refractivity contribution in [1.29, 1.82) is 0 Å². The lowest BCUT2D eigenvalue weighted by molar-refractivity contribution is -0.120. The fourth-order valence-corrected chi connectivity index (χ4v) is 2.80. The van der Waals surface area contributed by atoms with Crippen molar-refractivity contribution in [1.82, 2.24) is 10.6 Å². The molecule has 8 nitrogen and oxygen atoms in total. The van der Waals surface area contributed by atoms with E-state index in [1.165, 1.54) is 0 Å². The average Bonchev–Trinajstić information content (AvgIpc) is 2.91. The van der Waals surface area contributed by atoms with Crippen LogP contribution in [-0.2, 0) is 9.59 Å². The highest BCUT2D eigenvalue weighted by molar-refractivity contribution is 5.90. The second kappa shape index (κ2) is 9.65. The van der Waals surface area contributed by atoms with E-state index in [0.717, 1.165) is 25.7 Å². The molecule has 1 saturated heterocycles. The van der Waals surface area contributed by atoms with Crippen LogP contribution in [-0.4, -0.2) is 36.5 Å². The molecule has 0 saturated carbocycles. The number of carbonyl (C=O) groups excluding carboxylic acids is 3. The fourth-order valence-electron chi connectivity index (χ4n) is 2.80. The van der Waals surface area contributed by atoms with Crippen LogP contribution in [0.3, 0.4) is 0 Å². The molecule has 26 heavy (non-hydrogen) atoms. The minimum absolute atomic E-state index is 0.0417. The van der Waals surface area contributed by atoms with Crippen molar-refractivity contribution in [3.05, 3.63) is 24.3 Å². The second-order valence-electron chi connectivity index (χ2n) is 6.44. The number of anilines is 1. The Balaban J connectivity index is 1.59. The Morgan fingerprint density at radius 2 is 1.88 bits per heavy atom. The molecule has 1 aromatic carbocycles. The summed E-state index contributed by atoms with van der Waals surface area (Å²) in [5, 5.41) is 8.54. The van der Waals surface area contributed by atoms with Gasteiger partial charge in [0.1, 0.15) is 5.75 Å². The molecule has 1 fully saturated rings. The third-order valence-electron chi connectivity index (χ3n) is 4.22. The highest BCUT2D eigenvalue weighted by atomic mass is 16.5. The molecular formula is C18H26N4O4. The smallest absolute Gasteiger partial charge is 0.315 e. The van der Waals surface area contributed by atoms with E-state index in [2.05, 4.69) is 16.0 Å². The summed E-state index contributed by atoms with van der Waals surface area (Å²) in [5.74, 6) is -0.0621. The van der Waals surface area contributed by atoms with Crippen LogP contribution in [0.15, 0.2) is 24.3 Å². The summed E-state index contributed by atoms with van der Waals surface area (Å²) in [6.07, 6.45) is 4.07. The van der Waals surface area contributed by atoms with Gasteiger partial charge >= 0.3 is 6.03 Å². The lowest BCUT2D eigenvalue weighted by Crippen LogP contribution is -2.30. The molecule has 2 unspecified atom stereocenters. The van der Waals surface area contributed by atoms with Crippen molar-refractivity contribution >= 4 is 23.5 Å². The number of rotatable bonds is 10. The largest absolute Gasteiger partial charge is 0.484 e. The minimum atomic E-state index is -0.539. The zero-order chi connectivity index (χ0) is 18.9. The summed E-state index contributed by atoms with van der Waals surface area (Å²) < 4.78 is 5.16. The van der Waals surface area contributed by atoms with Gasteiger partial charge in [-0.3, -0.25) is 9.59 Å². The molecule has 2 rings (SSSR count). The first-order valence-corrected chi connectivity index (χ1v) is 8.82. The van der Waals surface area contributed by atoms with Crippen molar-refractivity contribution in [3.8, 4) is 5.75 Å². The Labute approximate surface area is 152 Å². The molecule has 4 amide bonds. The maximum Gasteiger partial charge on any atom is 0.315 e. The Hall–Kier alpha value is -2.77. The Morgan fingerprint density at radius 3 is 2.50 bits per heavy atom. The molecule has 5 N–H and O–H groups in total. The molecular weight excluding hydrogens is 336 g/mol. The summed E-state index contributed by atoms with van der Waals surface area (Å²) in [6.45, 7) is 1.81. The van der Waals surface area contributed by atoms with Crippen molar-refractivity contribution in [2.24, 2.45) is 5.73 Å². The van der Waals surface area contributed by atoms with Gasteiger partial charge in [0.05, 0.1) is 6.04 Å². The van der Waals surface area contributed by atoms with Crippen LogP contribution < -0.4 is 26.4 Å². The Morgan fingerprint density at radius 1 is 1.15 bits per heavy atom. The summed E-state index contributed by atoms with van der Waals surface area (Å²) in [6, 6.07) is 6.99. The molecule has 1 aliphatic heterocycles. The first-order valence-electron chi connectivity index (χ1n) is 8.82. The number of primary amides is 1. The molecule has 1 heterocycles. The van der Waals surface area contributed by atoms with Crippen molar-refractivity contribution in [2.45, 2.75) is 51.1 Å². The number of hydrogen-bond donors (Lipinski definition) is 4. The molecule has 0 aliphatic carbocycles. The quantitative estimate of drug-likeness (QED) is 0.471. The van der Waals surface area contributed by atoms with Gasteiger partial charge in [0.15, 0.2) is 6.61 Å². The van der Waals surface area contributed by atoms with Crippen molar-refractivity contribution in [2.75, 3.05) is 11.9 Å². The van der Waals surface area contributed by atoms with E-state index in [9.17, 15) is 14.4 Å². The molecule has 0 spiro atoms. The molecule has 0 radical (unpaired) electrons. The minimum Gasteiger partial charge on any atom is -0.484 e. The average molecular weight is 362 g/mol. The van der Waals surface area contributed by atoms with Crippen molar-refractivity contribution in [3.63, 3.8) is 0 Å². The standard InChI is InChI=1S/C18H26N4O4/c1-12-15(22-18(25)20-12)5-3-2-4-6-17(24)21-13-7-9-14(10-8-13)26-11-16(19)23/h7-10,12,15H,2-6,11H2,1H3,(H2,19,23)(H,21,24)(H2,20,22,25). The third kappa shape index (κ3) is 6.62. The molecule has 1 aliphatic rings. The van der Waals surface area contributed by atoms with Crippen molar-refractivity contribution < 1.29 is 19.1 Å².